The van der Waals surface area contributed by atoms with Gasteiger partial charge in [0.2, 0.25) is 0 Å². The van der Waals surface area contributed by atoms with Gasteiger partial charge >= 0.3 is 10.2 Å². The number of halogens is 2. The third-order valence-electron chi connectivity index (χ3n) is 7.48. The molecule has 0 aliphatic carbocycles. The number of piperidine rings is 1. The molecule has 0 unspecified atom stereocenters. The number of anilines is 1. The number of aromatic nitrogens is 2. The van der Waals surface area contributed by atoms with Crippen molar-refractivity contribution in [3.63, 3.8) is 0 Å². The first-order valence-corrected chi connectivity index (χ1v) is 15.0. The lowest BCUT2D eigenvalue weighted by molar-refractivity contribution is -0.0196. The Kier molecular flexibility index (Phi) is 7.86. The summed E-state index contributed by atoms with van der Waals surface area (Å²) in [4.78, 5) is 18.1. The molecule has 5 rings (SSSR count). The molecule has 2 N–H and O–H groups in total. The fourth-order valence-electron chi connectivity index (χ4n) is 5.08. The molecule has 2 saturated heterocycles. The fourth-order valence-corrected chi connectivity index (χ4v) is 6.61. The molecular formula is C26H28BrFN6O5S. The van der Waals surface area contributed by atoms with Crippen molar-refractivity contribution in [3.05, 3.63) is 56.8 Å². The number of hydrogen-bond acceptors (Lipinski definition) is 8. The Morgan fingerprint density at radius 2 is 2.10 bits per heavy atom. The van der Waals surface area contributed by atoms with Crippen molar-refractivity contribution < 1.29 is 22.3 Å². The molecule has 0 bridgehead atoms. The van der Waals surface area contributed by atoms with Crippen molar-refractivity contribution in [1.29, 1.82) is 5.26 Å². The average Bonchev–Trinajstić information content (AvgIpc) is 3.34. The summed E-state index contributed by atoms with van der Waals surface area (Å²) in [7, 11) is -2.62. The zero-order chi connectivity index (χ0) is 28.7. The molecule has 1 aromatic heterocycles. The van der Waals surface area contributed by atoms with Crippen molar-refractivity contribution in [3.8, 4) is 17.6 Å². The van der Waals surface area contributed by atoms with Gasteiger partial charge in [-0.2, -0.15) is 18.0 Å². The van der Waals surface area contributed by atoms with Crippen LogP contribution in [0.5, 0.6) is 11.5 Å². The summed E-state index contributed by atoms with van der Waals surface area (Å²) in [6, 6.07) is 6.85. The number of benzene rings is 2. The molecule has 2 fully saturated rings. The Morgan fingerprint density at radius 3 is 2.80 bits per heavy atom. The van der Waals surface area contributed by atoms with E-state index in [0.29, 0.717) is 18.5 Å². The van der Waals surface area contributed by atoms with Gasteiger partial charge in [-0.15, -0.1) is 0 Å². The van der Waals surface area contributed by atoms with Crippen LogP contribution in [0.2, 0.25) is 0 Å². The number of fused-ring (bicyclic) bond motifs is 1. The van der Waals surface area contributed by atoms with Gasteiger partial charge in [-0.05, 0) is 72.5 Å². The maximum absolute atomic E-state index is 15.0. The van der Waals surface area contributed by atoms with Gasteiger partial charge < -0.3 is 14.8 Å². The van der Waals surface area contributed by atoms with Gasteiger partial charge in [-0.25, -0.2) is 9.37 Å². The molecule has 14 heteroatoms. The molecular weight excluding hydrogens is 607 g/mol. The van der Waals surface area contributed by atoms with Crippen molar-refractivity contribution >= 4 is 42.7 Å². The smallest absolute Gasteiger partial charge is 0.301 e. The maximum atomic E-state index is 15.0. The van der Waals surface area contributed by atoms with E-state index in [9.17, 15) is 22.9 Å². The second-order valence-corrected chi connectivity index (χ2v) is 12.4. The number of rotatable bonds is 7. The molecule has 1 atom stereocenters. The monoisotopic (exact) mass is 634 g/mol. The number of nitriles is 1. The van der Waals surface area contributed by atoms with E-state index >= 15 is 0 Å². The number of hydrogen-bond donors (Lipinski definition) is 2. The van der Waals surface area contributed by atoms with E-state index in [1.807, 2.05) is 6.07 Å². The summed E-state index contributed by atoms with van der Waals surface area (Å²) in [6.45, 7) is 3.96. The molecule has 212 valence electrons. The molecule has 2 aromatic carbocycles. The molecule has 40 heavy (non-hydrogen) atoms. The van der Waals surface area contributed by atoms with Crippen LogP contribution in [0.3, 0.4) is 0 Å². The van der Waals surface area contributed by atoms with Crippen LogP contribution < -0.4 is 20.3 Å². The van der Waals surface area contributed by atoms with Crippen LogP contribution in [0.25, 0.3) is 10.9 Å². The highest BCUT2D eigenvalue weighted by atomic mass is 79.9. The van der Waals surface area contributed by atoms with Crippen LogP contribution in [0, 0.1) is 17.1 Å². The molecule has 0 amide bonds. The van der Waals surface area contributed by atoms with E-state index in [1.165, 1.54) is 19.4 Å². The molecule has 3 aromatic rings. The van der Waals surface area contributed by atoms with E-state index in [1.54, 1.807) is 17.6 Å². The van der Waals surface area contributed by atoms with E-state index in [-0.39, 0.29) is 50.6 Å². The van der Waals surface area contributed by atoms with Crippen LogP contribution in [0.15, 0.2) is 39.9 Å². The van der Waals surface area contributed by atoms with Crippen LogP contribution in [-0.2, 0) is 14.9 Å². The van der Waals surface area contributed by atoms with Crippen molar-refractivity contribution in [2.45, 2.75) is 37.8 Å². The average molecular weight is 636 g/mol. The Balaban J connectivity index is 1.51. The lowest BCUT2D eigenvalue weighted by Crippen LogP contribution is -2.41. The van der Waals surface area contributed by atoms with Crippen molar-refractivity contribution in [2.24, 2.45) is 0 Å². The van der Waals surface area contributed by atoms with Crippen molar-refractivity contribution in [2.75, 3.05) is 38.0 Å². The summed E-state index contributed by atoms with van der Waals surface area (Å²) < 4.78 is 57.1. The van der Waals surface area contributed by atoms with E-state index in [2.05, 4.69) is 31.0 Å². The van der Waals surface area contributed by atoms with Gasteiger partial charge in [0.05, 0.1) is 45.6 Å². The minimum Gasteiger partial charge on any atom is -0.452 e. The highest BCUT2D eigenvalue weighted by molar-refractivity contribution is 9.10. The van der Waals surface area contributed by atoms with E-state index in [4.69, 9.17) is 9.47 Å². The highest BCUT2D eigenvalue weighted by Gasteiger charge is 2.42. The Labute approximate surface area is 239 Å². The third-order valence-corrected chi connectivity index (χ3v) is 9.82. The van der Waals surface area contributed by atoms with Crippen LogP contribution in [0.4, 0.5) is 10.1 Å². The molecule has 2 aliphatic heterocycles. The molecule has 2 aliphatic rings. The Hall–Kier alpha value is -3.09. The number of nitrogens with one attached hydrogen (secondary N) is 2. The lowest BCUT2D eigenvalue weighted by Gasteiger charge is -2.32. The van der Waals surface area contributed by atoms with Gasteiger partial charge in [0.15, 0.2) is 11.6 Å². The topological polar surface area (TPSA) is 139 Å². The van der Waals surface area contributed by atoms with Gasteiger partial charge in [-0.3, -0.25) is 14.1 Å². The molecule has 0 radical (unpaired) electrons. The summed E-state index contributed by atoms with van der Waals surface area (Å²) in [5, 5.41) is 13.4. The Morgan fingerprint density at radius 1 is 1.35 bits per heavy atom. The second kappa shape index (κ2) is 11.1. The predicted molar refractivity (Wildman–Crippen MR) is 150 cm³/mol. The summed E-state index contributed by atoms with van der Waals surface area (Å²) in [6.07, 6.45) is 3.96. The van der Waals surface area contributed by atoms with Gasteiger partial charge in [0.25, 0.3) is 5.56 Å². The van der Waals surface area contributed by atoms with E-state index in [0.717, 1.165) is 42.4 Å². The van der Waals surface area contributed by atoms with Crippen LogP contribution >= 0.6 is 15.9 Å². The first-order chi connectivity index (χ1) is 19.1. The largest absolute Gasteiger partial charge is 0.452 e. The van der Waals surface area contributed by atoms with Crippen LogP contribution in [-0.4, -0.2) is 61.2 Å². The minimum absolute atomic E-state index is 0.0581. The first-order valence-electron chi connectivity index (χ1n) is 12.8. The van der Waals surface area contributed by atoms with E-state index < -0.39 is 21.8 Å². The second-order valence-electron chi connectivity index (χ2n) is 9.86. The molecule has 0 saturated carbocycles. The minimum atomic E-state index is -3.99. The van der Waals surface area contributed by atoms with Crippen molar-refractivity contribution in [1.82, 2.24) is 19.2 Å². The Bertz CT molecular complexity index is 1670. The van der Waals surface area contributed by atoms with Gasteiger partial charge in [0, 0.05) is 13.6 Å². The number of ether oxygens (including phenoxy) is 2. The predicted octanol–water partition coefficient (Wildman–Crippen LogP) is 3.65. The fraction of sp³-hybridized carbons (Fsp3) is 0.423. The number of nitrogens with zero attached hydrogens (tertiary/aromatic N) is 4. The zero-order valence-electron chi connectivity index (χ0n) is 21.9. The lowest BCUT2D eigenvalue weighted by atomic mass is 9.88. The quantitative estimate of drug-likeness (QED) is 0.402. The summed E-state index contributed by atoms with van der Waals surface area (Å²) >= 11 is 3.43. The zero-order valence-corrected chi connectivity index (χ0v) is 24.3. The summed E-state index contributed by atoms with van der Waals surface area (Å²) in [5.74, 6) is -1.31. The SMILES string of the molecule is CCN(C)S(=O)(=O)Nc1ccc(F)c(Oc2ccc3ncn([C@@H]4COC5(CCNCC5)C4)c(=O)c3c2Br)c1C#N. The van der Waals surface area contributed by atoms with Crippen LogP contribution in [0.1, 0.15) is 37.8 Å². The molecule has 3 heterocycles. The highest BCUT2D eigenvalue weighted by Crippen LogP contribution is 2.41. The maximum Gasteiger partial charge on any atom is 0.301 e. The first kappa shape index (κ1) is 28.4. The third kappa shape index (κ3) is 5.19. The molecule has 1 spiro atoms. The van der Waals surface area contributed by atoms with Gasteiger partial charge in [0.1, 0.15) is 17.4 Å². The summed E-state index contributed by atoms with van der Waals surface area (Å²) in [5.41, 5.74) is -0.656. The molecule has 11 nitrogen and oxygen atoms in total. The van der Waals surface area contributed by atoms with Gasteiger partial charge in [-0.1, -0.05) is 6.92 Å². The normalized spacial score (nSPS) is 18.8. The standard InChI is InChI=1S/C26H28BrFN6O5S/c1-3-33(2)40(36,37)32-19-5-4-18(28)24(17(19)13-29)39-21-7-6-20-22(23(21)27)25(35)34(15-31-20)16-12-26(38-14-16)8-10-30-11-9-26/h4-7,15-16,30,32H,3,8-12,14H2,1-2H3/t16-/m0/s1.